The van der Waals surface area contributed by atoms with Crippen LogP contribution < -0.4 is 11.5 Å². The van der Waals surface area contributed by atoms with Gasteiger partial charge in [0.15, 0.2) is 17.0 Å². The van der Waals surface area contributed by atoms with Gasteiger partial charge in [-0.2, -0.15) is 0 Å². The van der Waals surface area contributed by atoms with Crippen molar-refractivity contribution in [1.29, 1.82) is 0 Å². The SMILES string of the molecule is CC(C)n1c(-c2cccc(N)c2)nc2c(N)ncnc21. The predicted octanol–water partition coefficient (Wildman–Crippen LogP) is 2.24. The number of fused-ring (bicyclic) bond motifs is 1. The lowest BCUT2D eigenvalue weighted by Gasteiger charge is -2.12. The highest BCUT2D eigenvalue weighted by Gasteiger charge is 2.17. The third-order valence-electron chi connectivity index (χ3n) is 3.17. The van der Waals surface area contributed by atoms with Crippen LogP contribution in [0.2, 0.25) is 0 Å². The molecular weight excluding hydrogens is 252 g/mol. The van der Waals surface area contributed by atoms with E-state index in [9.17, 15) is 0 Å². The molecule has 0 saturated carbocycles. The van der Waals surface area contributed by atoms with Gasteiger partial charge in [-0.05, 0) is 26.0 Å². The van der Waals surface area contributed by atoms with Crippen LogP contribution in [0.4, 0.5) is 11.5 Å². The predicted molar refractivity (Wildman–Crippen MR) is 80.0 cm³/mol. The van der Waals surface area contributed by atoms with Crippen LogP contribution in [0.1, 0.15) is 19.9 Å². The number of anilines is 2. The lowest BCUT2D eigenvalue weighted by atomic mass is 10.2. The van der Waals surface area contributed by atoms with Gasteiger partial charge in [0.25, 0.3) is 0 Å². The summed E-state index contributed by atoms with van der Waals surface area (Å²) in [5, 5.41) is 0. The molecule has 0 atom stereocenters. The van der Waals surface area contributed by atoms with E-state index < -0.39 is 0 Å². The van der Waals surface area contributed by atoms with Crippen LogP contribution in [0, 0.1) is 0 Å². The molecule has 3 rings (SSSR count). The number of aromatic nitrogens is 4. The second kappa shape index (κ2) is 4.48. The zero-order chi connectivity index (χ0) is 14.3. The average molecular weight is 268 g/mol. The van der Waals surface area contributed by atoms with Gasteiger partial charge in [0.05, 0.1) is 0 Å². The number of imidazole rings is 1. The van der Waals surface area contributed by atoms with Gasteiger partial charge in [0, 0.05) is 17.3 Å². The van der Waals surface area contributed by atoms with Crippen molar-refractivity contribution in [2.75, 3.05) is 11.5 Å². The minimum atomic E-state index is 0.200. The summed E-state index contributed by atoms with van der Waals surface area (Å²) in [6, 6.07) is 7.82. The van der Waals surface area contributed by atoms with E-state index in [0.29, 0.717) is 17.0 Å². The van der Waals surface area contributed by atoms with Crippen molar-refractivity contribution < 1.29 is 0 Å². The molecule has 4 N–H and O–H groups in total. The number of benzene rings is 1. The number of hydrogen-bond donors (Lipinski definition) is 2. The molecule has 0 radical (unpaired) electrons. The summed E-state index contributed by atoms with van der Waals surface area (Å²) in [6.07, 6.45) is 1.46. The molecule has 0 aliphatic heterocycles. The fraction of sp³-hybridized carbons (Fsp3) is 0.214. The van der Waals surface area contributed by atoms with E-state index >= 15 is 0 Å². The van der Waals surface area contributed by atoms with Crippen LogP contribution in [0.5, 0.6) is 0 Å². The monoisotopic (exact) mass is 268 g/mol. The zero-order valence-corrected chi connectivity index (χ0v) is 11.4. The first-order valence-corrected chi connectivity index (χ1v) is 6.42. The molecule has 0 aliphatic rings. The minimum Gasteiger partial charge on any atom is -0.399 e. The number of rotatable bonds is 2. The molecule has 2 heterocycles. The summed E-state index contributed by atoms with van der Waals surface area (Å²) in [7, 11) is 0. The van der Waals surface area contributed by atoms with E-state index in [1.807, 2.05) is 28.8 Å². The summed E-state index contributed by atoms with van der Waals surface area (Å²) in [6.45, 7) is 4.16. The van der Waals surface area contributed by atoms with Crippen molar-refractivity contribution >= 4 is 22.7 Å². The van der Waals surface area contributed by atoms with Gasteiger partial charge in [-0.3, -0.25) is 0 Å². The number of hydrogen-bond acceptors (Lipinski definition) is 5. The zero-order valence-electron chi connectivity index (χ0n) is 11.4. The van der Waals surface area contributed by atoms with Gasteiger partial charge in [0.2, 0.25) is 0 Å². The van der Waals surface area contributed by atoms with Gasteiger partial charge in [-0.15, -0.1) is 0 Å². The molecular formula is C14H16N6. The highest BCUT2D eigenvalue weighted by Crippen LogP contribution is 2.29. The van der Waals surface area contributed by atoms with Crippen LogP contribution in [-0.4, -0.2) is 19.5 Å². The first-order chi connectivity index (χ1) is 9.58. The molecule has 0 unspecified atom stereocenters. The molecule has 3 aromatic rings. The van der Waals surface area contributed by atoms with Crippen molar-refractivity contribution in [2.45, 2.75) is 19.9 Å². The summed E-state index contributed by atoms with van der Waals surface area (Å²) >= 11 is 0. The van der Waals surface area contributed by atoms with E-state index in [1.54, 1.807) is 0 Å². The second-order valence-corrected chi connectivity index (χ2v) is 4.96. The molecule has 0 aliphatic carbocycles. The van der Waals surface area contributed by atoms with E-state index in [1.165, 1.54) is 6.33 Å². The molecule has 102 valence electrons. The molecule has 0 spiro atoms. The lowest BCUT2D eigenvalue weighted by Crippen LogP contribution is -2.04. The summed E-state index contributed by atoms with van der Waals surface area (Å²) in [5.74, 6) is 1.19. The van der Waals surface area contributed by atoms with E-state index in [4.69, 9.17) is 11.5 Å². The maximum Gasteiger partial charge on any atom is 0.166 e. The number of nitrogens with two attached hydrogens (primary N) is 2. The first kappa shape index (κ1) is 12.4. The molecule has 0 fully saturated rings. The Balaban J connectivity index is 2.35. The van der Waals surface area contributed by atoms with Crippen LogP contribution >= 0.6 is 0 Å². The largest absolute Gasteiger partial charge is 0.399 e. The van der Waals surface area contributed by atoms with Crippen molar-refractivity contribution in [1.82, 2.24) is 19.5 Å². The van der Waals surface area contributed by atoms with Gasteiger partial charge in [0.1, 0.15) is 12.2 Å². The third kappa shape index (κ3) is 1.85. The van der Waals surface area contributed by atoms with E-state index in [0.717, 1.165) is 17.0 Å². The summed E-state index contributed by atoms with van der Waals surface area (Å²) in [5.41, 5.74) is 14.8. The second-order valence-electron chi connectivity index (χ2n) is 4.96. The third-order valence-corrected chi connectivity index (χ3v) is 3.17. The molecule has 0 saturated heterocycles. The minimum absolute atomic E-state index is 0.200. The number of nitrogens with zero attached hydrogens (tertiary/aromatic N) is 4. The topological polar surface area (TPSA) is 95.6 Å². The highest BCUT2D eigenvalue weighted by atomic mass is 15.2. The average Bonchev–Trinajstić information content (AvgIpc) is 2.79. The normalized spacial score (nSPS) is 11.3. The Morgan fingerprint density at radius 1 is 1.15 bits per heavy atom. The molecule has 2 aromatic heterocycles. The maximum absolute atomic E-state index is 5.89. The summed E-state index contributed by atoms with van der Waals surface area (Å²) < 4.78 is 2.04. The Kier molecular flexibility index (Phi) is 2.78. The Morgan fingerprint density at radius 3 is 2.65 bits per heavy atom. The van der Waals surface area contributed by atoms with Crippen molar-refractivity contribution in [3.63, 3.8) is 0 Å². The fourth-order valence-corrected chi connectivity index (χ4v) is 2.30. The Bertz CT molecular complexity index is 774. The van der Waals surface area contributed by atoms with Crippen LogP contribution in [-0.2, 0) is 0 Å². The van der Waals surface area contributed by atoms with Crippen molar-refractivity contribution in [2.24, 2.45) is 0 Å². The Morgan fingerprint density at radius 2 is 1.95 bits per heavy atom. The quantitative estimate of drug-likeness (QED) is 0.695. The smallest absolute Gasteiger partial charge is 0.166 e. The Hall–Kier alpha value is -2.63. The summed E-state index contributed by atoms with van der Waals surface area (Å²) in [4.78, 5) is 12.9. The first-order valence-electron chi connectivity index (χ1n) is 6.42. The van der Waals surface area contributed by atoms with Crippen LogP contribution in [0.3, 0.4) is 0 Å². The molecule has 20 heavy (non-hydrogen) atoms. The van der Waals surface area contributed by atoms with Gasteiger partial charge in [-0.25, -0.2) is 15.0 Å². The number of nitrogen functional groups attached to an aromatic ring is 2. The van der Waals surface area contributed by atoms with Crippen molar-refractivity contribution in [3.05, 3.63) is 30.6 Å². The Labute approximate surface area is 116 Å². The lowest BCUT2D eigenvalue weighted by molar-refractivity contribution is 0.619. The fourth-order valence-electron chi connectivity index (χ4n) is 2.30. The maximum atomic E-state index is 5.89. The highest BCUT2D eigenvalue weighted by molar-refractivity contribution is 5.85. The van der Waals surface area contributed by atoms with Crippen LogP contribution in [0.15, 0.2) is 30.6 Å². The van der Waals surface area contributed by atoms with Crippen molar-refractivity contribution in [3.8, 4) is 11.4 Å². The van der Waals surface area contributed by atoms with Gasteiger partial charge >= 0.3 is 0 Å². The molecule has 0 bridgehead atoms. The van der Waals surface area contributed by atoms with Crippen LogP contribution in [0.25, 0.3) is 22.6 Å². The van der Waals surface area contributed by atoms with Gasteiger partial charge in [-0.1, -0.05) is 12.1 Å². The molecule has 6 nitrogen and oxygen atoms in total. The molecule has 6 heteroatoms. The van der Waals surface area contributed by atoms with E-state index in [-0.39, 0.29) is 6.04 Å². The standard InChI is InChI=1S/C14H16N6/c1-8(2)20-13(9-4-3-5-10(15)6-9)19-11-12(16)17-7-18-14(11)20/h3-8H,15H2,1-2H3,(H2,16,17,18). The van der Waals surface area contributed by atoms with E-state index in [2.05, 4.69) is 28.8 Å². The molecule has 0 amide bonds. The molecule has 1 aromatic carbocycles. The van der Waals surface area contributed by atoms with Gasteiger partial charge < -0.3 is 16.0 Å².